The van der Waals surface area contributed by atoms with Gasteiger partial charge in [0, 0.05) is 0 Å². The van der Waals surface area contributed by atoms with Crippen molar-refractivity contribution < 1.29 is 0 Å². The van der Waals surface area contributed by atoms with Gasteiger partial charge in [0.25, 0.3) is 0 Å². The molecular weight excluding hydrogens is 583 g/mol. The summed E-state index contributed by atoms with van der Waals surface area (Å²) in [6.07, 6.45) is 0. The number of benzene rings is 6. The average Bonchev–Trinajstić information content (AvgIpc) is 3.50. The molecular formula is C43H39BSi2. The summed E-state index contributed by atoms with van der Waals surface area (Å²) >= 11 is 0. The quantitative estimate of drug-likeness (QED) is 0.172. The first-order chi connectivity index (χ1) is 22.0. The predicted octanol–water partition coefficient (Wildman–Crippen LogP) is 9.25. The van der Waals surface area contributed by atoms with Crippen LogP contribution in [-0.4, -0.2) is 24.0 Å². The minimum atomic E-state index is -1.58. The van der Waals surface area contributed by atoms with Gasteiger partial charge in [0.05, 0.1) is 21.6 Å². The van der Waals surface area contributed by atoms with Crippen molar-refractivity contribution in [1.82, 2.24) is 0 Å². The zero-order valence-corrected chi connectivity index (χ0v) is 29.7. The van der Waals surface area contributed by atoms with E-state index < -0.39 is 16.1 Å². The highest BCUT2D eigenvalue weighted by molar-refractivity contribution is 6.89. The summed E-state index contributed by atoms with van der Waals surface area (Å²) in [5.74, 6) is 0. The minimum absolute atomic E-state index is 0.355. The van der Waals surface area contributed by atoms with Gasteiger partial charge in [0.1, 0.15) is 7.85 Å². The third-order valence-electron chi connectivity index (χ3n) is 10.4. The molecule has 46 heavy (non-hydrogen) atoms. The van der Waals surface area contributed by atoms with Gasteiger partial charge >= 0.3 is 0 Å². The van der Waals surface area contributed by atoms with E-state index in [1.807, 2.05) is 12.1 Å². The highest BCUT2D eigenvalue weighted by Crippen LogP contribution is 2.63. The maximum Gasteiger partial charge on any atom is 0.113 e. The van der Waals surface area contributed by atoms with Crippen molar-refractivity contribution in [1.29, 1.82) is 0 Å². The summed E-state index contributed by atoms with van der Waals surface area (Å²) in [6.45, 7) is 14.8. The van der Waals surface area contributed by atoms with Gasteiger partial charge in [0.2, 0.25) is 0 Å². The van der Waals surface area contributed by atoms with E-state index in [0.717, 1.165) is 5.46 Å². The topological polar surface area (TPSA) is 0 Å². The van der Waals surface area contributed by atoms with Crippen LogP contribution < -0.4 is 15.8 Å². The van der Waals surface area contributed by atoms with E-state index in [9.17, 15) is 0 Å². The van der Waals surface area contributed by atoms with Gasteiger partial charge in [-0.2, -0.15) is 0 Å². The van der Waals surface area contributed by atoms with Crippen LogP contribution in [0.25, 0.3) is 44.5 Å². The Morgan fingerprint density at radius 1 is 0.391 bits per heavy atom. The molecule has 0 nitrogen and oxygen atoms in total. The summed E-state index contributed by atoms with van der Waals surface area (Å²) in [4.78, 5) is 0. The molecule has 6 aromatic rings. The van der Waals surface area contributed by atoms with Crippen molar-refractivity contribution in [2.75, 3.05) is 0 Å². The molecule has 2 aliphatic rings. The van der Waals surface area contributed by atoms with E-state index in [0.29, 0.717) is 0 Å². The Kier molecular flexibility index (Phi) is 6.46. The smallest absolute Gasteiger partial charge is 0.0966 e. The van der Waals surface area contributed by atoms with Gasteiger partial charge in [-0.15, -0.1) is 0 Å². The highest BCUT2D eigenvalue weighted by atomic mass is 28.3. The van der Waals surface area contributed by atoms with Crippen LogP contribution in [0.4, 0.5) is 0 Å². The Morgan fingerprint density at radius 3 is 1.43 bits per heavy atom. The number of rotatable bonds is 4. The first-order valence-corrected chi connectivity index (χ1v) is 23.5. The lowest BCUT2D eigenvalue weighted by Gasteiger charge is -2.32. The van der Waals surface area contributed by atoms with Crippen molar-refractivity contribution in [3.8, 4) is 44.5 Å². The van der Waals surface area contributed by atoms with E-state index in [4.69, 9.17) is 7.85 Å². The van der Waals surface area contributed by atoms with E-state index >= 15 is 0 Å². The van der Waals surface area contributed by atoms with Crippen LogP contribution in [0.3, 0.4) is 0 Å². The number of hydrogen-bond acceptors (Lipinski definition) is 0. The first-order valence-electron chi connectivity index (χ1n) is 16.5. The Labute approximate surface area is 277 Å². The van der Waals surface area contributed by atoms with Crippen molar-refractivity contribution in [2.45, 2.75) is 44.7 Å². The van der Waals surface area contributed by atoms with Crippen molar-refractivity contribution in [3.63, 3.8) is 0 Å². The van der Waals surface area contributed by atoms with Gasteiger partial charge in [-0.3, -0.25) is 0 Å². The van der Waals surface area contributed by atoms with Crippen LogP contribution in [0.15, 0.2) is 127 Å². The Balaban J connectivity index is 1.43. The predicted molar refractivity (Wildman–Crippen MR) is 205 cm³/mol. The normalized spacial score (nSPS) is 14.1. The second kappa shape index (κ2) is 10.2. The van der Waals surface area contributed by atoms with Gasteiger partial charge < -0.3 is 0 Å². The molecule has 0 N–H and O–H groups in total. The largest absolute Gasteiger partial charge is 0.113 e. The first kappa shape index (κ1) is 29.2. The monoisotopic (exact) mass is 622 g/mol. The van der Waals surface area contributed by atoms with Gasteiger partial charge in [0.15, 0.2) is 0 Å². The molecule has 222 valence electrons. The second-order valence-corrected chi connectivity index (χ2v) is 25.4. The van der Waals surface area contributed by atoms with E-state index in [2.05, 4.69) is 155 Å². The minimum Gasteiger partial charge on any atom is -0.0966 e. The molecule has 0 fully saturated rings. The molecule has 3 heteroatoms. The lowest BCUT2D eigenvalue weighted by Crippen LogP contribution is -2.40. The van der Waals surface area contributed by atoms with Gasteiger partial charge in [-0.05, 0) is 78.9 Å². The standard InChI is InChI=1S/C43H39BSi2/c1-45(2,3)33-19-22-37-38-23-20-34(46(4,5)6)27-42(38)43(41(37)26-33)39-13-8-7-12-35(39)36-21-16-31(25-40(36)43)30-11-9-10-29(24-30)28-14-17-32(44)18-15-28/h7-27H,1-6H3. The lowest BCUT2D eigenvalue weighted by molar-refractivity contribution is 0.795. The summed E-state index contributed by atoms with van der Waals surface area (Å²) < 4.78 is 0. The molecule has 0 unspecified atom stereocenters. The number of fused-ring (bicyclic) bond motifs is 10. The van der Waals surface area contributed by atoms with Crippen LogP contribution in [-0.2, 0) is 5.41 Å². The molecule has 0 saturated heterocycles. The average molecular weight is 623 g/mol. The fourth-order valence-electron chi connectivity index (χ4n) is 7.85. The SMILES string of the molecule is [B]c1ccc(-c2cccc(-c3ccc4c(c3)C3(c5ccccc5-4)c4cc([Si](C)(C)C)ccc4-c4ccc([Si](C)(C)C)cc43)c2)cc1. The fourth-order valence-corrected chi connectivity index (χ4v) is 10.2. The maximum absolute atomic E-state index is 6.01. The van der Waals surface area contributed by atoms with Crippen molar-refractivity contribution in [3.05, 3.63) is 150 Å². The van der Waals surface area contributed by atoms with E-state index in [1.165, 1.54) is 77.1 Å². The molecule has 0 atom stereocenters. The molecule has 0 bridgehead atoms. The summed E-state index contributed by atoms with van der Waals surface area (Å²) in [6, 6.07) is 48.4. The summed E-state index contributed by atoms with van der Waals surface area (Å²) in [5.41, 5.74) is 16.5. The molecule has 6 aromatic carbocycles. The summed E-state index contributed by atoms with van der Waals surface area (Å²) in [5, 5.41) is 3.03. The van der Waals surface area contributed by atoms with E-state index in [1.54, 1.807) is 0 Å². The molecule has 0 saturated carbocycles. The van der Waals surface area contributed by atoms with Crippen LogP contribution in [0, 0.1) is 0 Å². The third-order valence-corrected chi connectivity index (χ3v) is 14.4. The van der Waals surface area contributed by atoms with Crippen LogP contribution in [0.5, 0.6) is 0 Å². The molecule has 0 aliphatic heterocycles. The zero-order valence-electron chi connectivity index (χ0n) is 27.7. The Morgan fingerprint density at radius 2 is 0.848 bits per heavy atom. The number of hydrogen-bond donors (Lipinski definition) is 0. The van der Waals surface area contributed by atoms with Crippen LogP contribution >= 0.6 is 0 Å². The maximum atomic E-state index is 6.01. The Hall–Kier alpha value is -4.18. The Bertz CT molecular complexity index is 2110. The molecule has 0 aromatic heterocycles. The summed E-state index contributed by atoms with van der Waals surface area (Å²) in [7, 11) is 2.85. The molecule has 0 amide bonds. The third kappa shape index (κ3) is 4.32. The zero-order chi connectivity index (χ0) is 32.0. The van der Waals surface area contributed by atoms with Crippen molar-refractivity contribution in [2.24, 2.45) is 0 Å². The van der Waals surface area contributed by atoms with E-state index in [-0.39, 0.29) is 5.41 Å². The van der Waals surface area contributed by atoms with Gasteiger partial charge in [-0.25, -0.2) is 0 Å². The lowest BCUT2D eigenvalue weighted by atomic mass is 9.70. The van der Waals surface area contributed by atoms with Crippen molar-refractivity contribution >= 4 is 39.8 Å². The van der Waals surface area contributed by atoms with Gasteiger partial charge in [-0.1, -0.05) is 170 Å². The highest BCUT2D eigenvalue weighted by Gasteiger charge is 2.52. The molecule has 0 heterocycles. The molecule has 1 spiro atoms. The molecule has 2 radical (unpaired) electrons. The fraction of sp³-hybridized carbons (Fsp3) is 0.163. The molecule has 8 rings (SSSR count). The molecule has 2 aliphatic carbocycles. The van der Waals surface area contributed by atoms with Crippen LogP contribution in [0.1, 0.15) is 22.3 Å². The van der Waals surface area contributed by atoms with Crippen LogP contribution in [0.2, 0.25) is 39.3 Å². The second-order valence-electron chi connectivity index (χ2n) is 15.3.